The Morgan fingerprint density at radius 1 is 1.32 bits per heavy atom. The molecular formula is C18H21NO4S2. The van der Waals surface area contributed by atoms with Crippen LogP contribution in [-0.2, 0) is 14.3 Å². The van der Waals surface area contributed by atoms with Gasteiger partial charge in [-0.1, -0.05) is 43.0 Å². The Kier molecular flexibility index (Phi) is 7.46. The van der Waals surface area contributed by atoms with Crippen molar-refractivity contribution in [2.24, 2.45) is 0 Å². The van der Waals surface area contributed by atoms with Gasteiger partial charge in [-0.05, 0) is 36.6 Å². The number of hydrogen-bond donors (Lipinski definition) is 0. The molecule has 1 aliphatic heterocycles. The fraction of sp³-hybridized carbons (Fsp3) is 0.389. The number of carbonyl (C=O) groups is 2. The molecule has 0 radical (unpaired) electrons. The Balaban J connectivity index is 1.98. The van der Waals surface area contributed by atoms with E-state index in [1.807, 2.05) is 30.3 Å². The standard InChI is InChI=1S/C18H21NO4S2/c1-3-11-23-14-8-6-13(7-9-14)12-15-17(21)19(18(24)25-15)10-4-5-16(20)22-2/h6-9,12H,3-5,10-11H2,1-2H3/b15-12-. The Morgan fingerprint density at radius 2 is 2.04 bits per heavy atom. The number of carbonyl (C=O) groups excluding carboxylic acids is 2. The first kappa shape index (κ1) is 19.5. The molecule has 5 nitrogen and oxygen atoms in total. The maximum absolute atomic E-state index is 12.5. The van der Waals surface area contributed by atoms with Crippen LogP contribution in [0.1, 0.15) is 31.7 Å². The van der Waals surface area contributed by atoms with Gasteiger partial charge in [-0.2, -0.15) is 0 Å². The normalized spacial score (nSPS) is 15.8. The van der Waals surface area contributed by atoms with E-state index in [0.29, 0.717) is 28.8 Å². The summed E-state index contributed by atoms with van der Waals surface area (Å²) in [6, 6.07) is 7.60. The summed E-state index contributed by atoms with van der Waals surface area (Å²) in [7, 11) is 1.35. The van der Waals surface area contributed by atoms with Crippen molar-refractivity contribution in [3.63, 3.8) is 0 Å². The lowest BCUT2D eigenvalue weighted by Gasteiger charge is -2.13. The van der Waals surface area contributed by atoms with Gasteiger partial charge in [-0.25, -0.2) is 0 Å². The maximum atomic E-state index is 12.5. The van der Waals surface area contributed by atoms with E-state index >= 15 is 0 Å². The molecule has 1 saturated heterocycles. The number of thiocarbonyl (C=S) groups is 1. The van der Waals surface area contributed by atoms with Crippen molar-refractivity contribution in [3.05, 3.63) is 34.7 Å². The number of esters is 1. The molecule has 25 heavy (non-hydrogen) atoms. The number of methoxy groups -OCH3 is 1. The smallest absolute Gasteiger partial charge is 0.305 e. The molecule has 0 N–H and O–H groups in total. The first-order valence-corrected chi connectivity index (χ1v) is 9.32. The second-order valence-electron chi connectivity index (χ2n) is 5.43. The Labute approximate surface area is 157 Å². The zero-order chi connectivity index (χ0) is 18.2. The van der Waals surface area contributed by atoms with E-state index < -0.39 is 0 Å². The summed E-state index contributed by atoms with van der Waals surface area (Å²) >= 11 is 6.56. The minimum absolute atomic E-state index is 0.119. The summed E-state index contributed by atoms with van der Waals surface area (Å²) in [6.45, 7) is 3.16. The maximum Gasteiger partial charge on any atom is 0.305 e. The van der Waals surface area contributed by atoms with Gasteiger partial charge in [0, 0.05) is 13.0 Å². The molecule has 1 aromatic carbocycles. The van der Waals surface area contributed by atoms with E-state index in [1.54, 1.807) is 0 Å². The van der Waals surface area contributed by atoms with E-state index in [4.69, 9.17) is 17.0 Å². The highest BCUT2D eigenvalue weighted by Crippen LogP contribution is 2.32. The van der Waals surface area contributed by atoms with Crippen molar-refractivity contribution in [1.29, 1.82) is 0 Å². The van der Waals surface area contributed by atoms with E-state index in [2.05, 4.69) is 11.7 Å². The fourth-order valence-corrected chi connectivity index (χ4v) is 3.52. The van der Waals surface area contributed by atoms with Gasteiger partial charge < -0.3 is 9.47 Å². The Morgan fingerprint density at radius 3 is 2.68 bits per heavy atom. The van der Waals surface area contributed by atoms with Gasteiger partial charge in [0.15, 0.2) is 0 Å². The topological polar surface area (TPSA) is 55.8 Å². The van der Waals surface area contributed by atoms with Crippen molar-refractivity contribution < 1.29 is 19.1 Å². The van der Waals surface area contributed by atoms with Gasteiger partial charge in [0.05, 0.1) is 18.6 Å². The van der Waals surface area contributed by atoms with Crippen molar-refractivity contribution >= 4 is 46.3 Å². The van der Waals surface area contributed by atoms with Gasteiger partial charge in [-0.3, -0.25) is 14.5 Å². The molecule has 1 fully saturated rings. The molecule has 0 unspecified atom stereocenters. The summed E-state index contributed by atoms with van der Waals surface area (Å²) in [5.74, 6) is 0.409. The second-order valence-corrected chi connectivity index (χ2v) is 7.11. The van der Waals surface area contributed by atoms with Gasteiger partial charge in [-0.15, -0.1) is 0 Å². The third-order valence-corrected chi connectivity index (χ3v) is 4.89. The highest BCUT2D eigenvalue weighted by atomic mass is 32.2. The lowest BCUT2D eigenvalue weighted by molar-refractivity contribution is -0.141. The molecule has 1 aromatic rings. The summed E-state index contributed by atoms with van der Waals surface area (Å²) in [5.41, 5.74) is 0.916. The number of amides is 1. The zero-order valence-electron chi connectivity index (χ0n) is 14.3. The summed E-state index contributed by atoms with van der Waals surface area (Å²) in [5, 5.41) is 0. The fourth-order valence-electron chi connectivity index (χ4n) is 2.21. The predicted molar refractivity (Wildman–Crippen MR) is 103 cm³/mol. The summed E-state index contributed by atoms with van der Waals surface area (Å²) in [4.78, 5) is 25.8. The molecule has 0 bridgehead atoms. The minimum atomic E-state index is -0.286. The van der Waals surface area contributed by atoms with Crippen molar-refractivity contribution in [2.45, 2.75) is 26.2 Å². The van der Waals surface area contributed by atoms with E-state index in [-0.39, 0.29) is 18.3 Å². The minimum Gasteiger partial charge on any atom is -0.494 e. The number of ether oxygens (including phenoxy) is 2. The van der Waals surface area contributed by atoms with E-state index in [1.165, 1.54) is 23.8 Å². The third kappa shape index (κ3) is 5.57. The monoisotopic (exact) mass is 379 g/mol. The Hall–Kier alpha value is -1.86. The summed E-state index contributed by atoms with van der Waals surface area (Å²) < 4.78 is 10.7. The van der Waals surface area contributed by atoms with Gasteiger partial charge >= 0.3 is 5.97 Å². The van der Waals surface area contributed by atoms with Crippen LogP contribution in [0.15, 0.2) is 29.2 Å². The van der Waals surface area contributed by atoms with E-state index in [0.717, 1.165) is 17.7 Å². The van der Waals surface area contributed by atoms with Crippen LogP contribution in [0.25, 0.3) is 6.08 Å². The molecule has 0 aromatic heterocycles. The van der Waals surface area contributed by atoms with Crippen LogP contribution in [0, 0.1) is 0 Å². The van der Waals surface area contributed by atoms with Crippen LogP contribution in [-0.4, -0.2) is 41.4 Å². The second kappa shape index (κ2) is 9.58. The third-order valence-electron chi connectivity index (χ3n) is 3.51. The molecule has 0 aliphatic carbocycles. The Bertz CT molecular complexity index is 670. The number of hydrogen-bond acceptors (Lipinski definition) is 6. The highest BCUT2D eigenvalue weighted by molar-refractivity contribution is 8.26. The number of benzene rings is 1. The molecule has 0 saturated carbocycles. The molecule has 0 spiro atoms. The summed E-state index contributed by atoms with van der Waals surface area (Å²) in [6.07, 6.45) is 3.57. The average molecular weight is 380 g/mol. The molecule has 0 atom stereocenters. The number of nitrogens with zero attached hydrogens (tertiary/aromatic N) is 1. The molecule has 7 heteroatoms. The van der Waals surface area contributed by atoms with Crippen molar-refractivity contribution in [2.75, 3.05) is 20.3 Å². The van der Waals surface area contributed by atoms with Crippen LogP contribution < -0.4 is 4.74 Å². The van der Waals surface area contributed by atoms with Gasteiger partial charge in [0.1, 0.15) is 10.1 Å². The SMILES string of the molecule is CCCOc1ccc(/C=C2\SC(=S)N(CCCC(=O)OC)C2=O)cc1. The lowest BCUT2D eigenvalue weighted by atomic mass is 10.2. The average Bonchev–Trinajstić information content (AvgIpc) is 2.88. The first-order valence-electron chi connectivity index (χ1n) is 8.10. The zero-order valence-corrected chi connectivity index (χ0v) is 16.0. The molecule has 2 rings (SSSR count). The van der Waals surface area contributed by atoms with Crippen LogP contribution in [0.5, 0.6) is 5.75 Å². The van der Waals surface area contributed by atoms with Crippen molar-refractivity contribution in [1.82, 2.24) is 4.90 Å². The van der Waals surface area contributed by atoms with E-state index in [9.17, 15) is 9.59 Å². The largest absolute Gasteiger partial charge is 0.494 e. The predicted octanol–water partition coefficient (Wildman–Crippen LogP) is 3.63. The quantitative estimate of drug-likeness (QED) is 0.391. The van der Waals surface area contributed by atoms with Crippen LogP contribution in [0.4, 0.5) is 0 Å². The molecule has 1 aliphatic rings. The molecule has 1 amide bonds. The number of thioether (sulfide) groups is 1. The van der Waals surface area contributed by atoms with Crippen LogP contribution in [0.3, 0.4) is 0 Å². The van der Waals surface area contributed by atoms with Crippen LogP contribution >= 0.6 is 24.0 Å². The number of rotatable bonds is 8. The molecule has 1 heterocycles. The highest BCUT2D eigenvalue weighted by Gasteiger charge is 2.31. The van der Waals surface area contributed by atoms with Gasteiger partial charge in [0.2, 0.25) is 0 Å². The van der Waals surface area contributed by atoms with Crippen molar-refractivity contribution in [3.8, 4) is 5.75 Å². The molecular weight excluding hydrogens is 358 g/mol. The first-order chi connectivity index (χ1) is 12.0. The van der Waals surface area contributed by atoms with Crippen LogP contribution in [0.2, 0.25) is 0 Å². The molecule has 134 valence electrons. The van der Waals surface area contributed by atoms with Gasteiger partial charge in [0.25, 0.3) is 5.91 Å². The lowest BCUT2D eigenvalue weighted by Crippen LogP contribution is -2.29.